The number of non-ortho nitro benzene ring substituents is 1. The van der Waals surface area contributed by atoms with Gasteiger partial charge in [-0.2, -0.15) is 0 Å². The molecule has 3 aromatic rings. The van der Waals surface area contributed by atoms with Crippen LogP contribution in [0.2, 0.25) is 0 Å². The fourth-order valence-corrected chi connectivity index (χ4v) is 3.67. The summed E-state index contributed by atoms with van der Waals surface area (Å²) in [5.74, 6) is 0.446. The van der Waals surface area contributed by atoms with Crippen molar-refractivity contribution >= 4 is 16.6 Å². The van der Waals surface area contributed by atoms with E-state index in [1.807, 2.05) is 35.0 Å². The molecule has 1 fully saturated rings. The molecular formula is C21H24N4O3. The Morgan fingerprint density at radius 2 is 1.82 bits per heavy atom. The third-order valence-electron chi connectivity index (χ3n) is 5.21. The zero-order valence-corrected chi connectivity index (χ0v) is 15.8. The van der Waals surface area contributed by atoms with Gasteiger partial charge in [-0.1, -0.05) is 36.8 Å². The number of likely N-dealkylation sites (tertiary alicyclic amines) is 1. The van der Waals surface area contributed by atoms with E-state index in [2.05, 4.69) is 10.00 Å². The molecule has 0 bridgehead atoms. The van der Waals surface area contributed by atoms with Gasteiger partial charge in [0.2, 0.25) is 5.88 Å². The maximum Gasteiger partial charge on any atom is 0.270 e. The molecule has 1 aliphatic heterocycles. The van der Waals surface area contributed by atoms with Gasteiger partial charge in [0.05, 0.1) is 22.4 Å². The minimum absolute atomic E-state index is 0.0487. The highest BCUT2D eigenvalue weighted by molar-refractivity contribution is 5.86. The van der Waals surface area contributed by atoms with Crippen molar-refractivity contribution in [1.29, 1.82) is 0 Å². The van der Waals surface area contributed by atoms with Crippen molar-refractivity contribution in [1.82, 2.24) is 14.7 Å². The normalized spacial score (nSPS) is 15.0. The van der Waals surface area contributed by atoms with Crippen LogP contribution in [0.1, 0.15) is 24.8 Å². The first-order chi connectivity index (χ1) is 13.7. The summed E-state index contributed by atoms with van der Waals surface area (Å²) in [6.45, 7) is 4.29. The SMILES string of the molecule is O=[N+]([O-])c1ccc2c(c1)c(OCc1ccccc1)nn2CCN1CCCCC1. The average Bonchev–Trinajstić information content (AvgIpc) is 3.09. The predicted octanol–water partition coefficient (Wildman–Crippen LogP) is 4.01. The van der Waals surface area contributed by atoms with Gasteiger partial charge in [0.15, 0.2) is 0 Å². The molecule has 146 valence electrons. The molecule has 1 aromatic heterocycles. The Morgan fingerprint density at radius 3 is 2.57 bits per heavy atom. The molecule has 0 saturated carbocycles. The lowest BCUT2D eigenvalue weighted by Crippen LogP contribution is -2.32. The van der Waals surface area contributed by atoms with E-state index >= 15 is 0 Å². The molecule has 0 atom stereocenters. The third kappa shape index (κ3) is 4.14. The first-order valence-corrected chi connectivity index (χ1v) is 9.75. The summed E-state index contributed by atoms with van der Waals surface area (Å²) < 4.78 is 7.86. The minimum Gasteiger partial charge on any atom is -0.471 e. The van der Waals surface area contributed by atoms with Crippen molar-refractivity contribution < 1.29 is 9.66 Å². The zero-order chi connectivity index (χ0) is 19.3. The van der Waals surface area contributed by atoms with Crippen LogP contribution in [0, 0.1) is 10.1 Å². The summed E-state index contributed by atoms with van der Waals surface area (Å²) in [6, 6.07) is 14.7. The zero-order valence-electron chi connectivity index (χ0n) is 15.8. The fraction of sp³-hybridized carbons (Fsp3) is 0.381. The first-order valence-electron chi connectivity index (χ1n) is 9.75. The van der Waals surface area contributed by atoms with Crippen LogP contribution in [0.5, 0.6) is 5.88 Å². The van der Waals surface area contributed by atoms with Crippen LogP contribution in [-0.2, 0) is 13.2 Å². The lowest BCUT2D eigenvalue weighted by Gasteiger charge is -2.26. The molecular weight excluding hydrogens is 356 g/mol. The van der Waals surface area contributed by atoms with E-state index in [-0.39, 0.29) is 10.6 Å². The van der Waals surface area contributed by atoms with E-state index in [0.717, 1.165) is 37.3 Å². The summed E-state index contributed by atoms with van der Waals surface area (Å²) >= 11 is 0. The van der Waals surface area contributed by atoms with Gasteiger partial charge in [0.25, 0.3) is 5.69 Å². The Kier molecular flexibility index (Phi) is 5.53. The van der Waals surface area contributed by atoms with Gasteiger partial charge in [-0.25, -0.2) is 0 Å². The summed E-state index contributed by atoms with van der Waals surface area (Å²) in [6.07, 6.45) is 3.80. The maximum atomic E-state index is 11.2. The molecule has 0 unspecified atom stereocenters. The lowest BCUT2D eigenvalue weighted by molar-refractivity contribution is -0.384. The van der Waals surface area contributed by atoms with Crippen molar-refractivity contribution in [3.05, 3.63) is 64.2 Å². The molecule has 4 rings (SSSR count). The monoisotopic (exact) mass is 380 g/mol. The van der Waals surface area contributed by atoms with Gasteiger partial charge in [-0.05, 0) is 37.6 Å². The second-order valence-electron chi connectivity index (χ2n) is 7.16. The number of rotatable bonds is 7. The van der Waals surface area contributed by atoms with Crippen LogP contribution in [0.3, 0.4) is 0 Å². The highest BCUT2D eigenvalue weighted by atomic mass is 16.6. The van der Waals surface area contributed by atoms with Crippen molar-refractivity contribution in [2.24, 2.45) is 0 Å². The molecule has 28 heavy (non-hydrogen) atoms. The summed E-state index contributed by atoms with van der Waals surface area (Å²) in [4.78, 5) is 13.3. The standard InChI is InChI=1S/C21H24N4O3/c26-25(27)18-9-10-20-19(15-18)21(28-16-17-7-3-1-4-8-17)22-24(20)14-13-23-11-5-2-6-12-23/h1,3-4,7-10,15H,2,5-6,11-14,16H2. The Hall–Kier alpha value is -2.93. The van der Waals surface area contributed by atoms with E-state index in [0.29, 0.717) is 17.9 Å². The molecule has 7 nitrogen and oxygen atoms in total. The van der Waals surface area contributed by atoms with E-state index < -0.39 is 0 Å². The molecule has 1 aliphatic rings. The number of fused-ring (bicyclic) bond motifs is 1. The Morgan fingerprint density at radius 1 is 1.04 bits per heavy atom. The van der Waals surface area contributed by atoms with Gasteiger partial charge in [-0.15, -0.1) is 5.10 Å². The number of hydrogen-bond donors (Lipinski definition) is 0. The number of nitro groups is 1. The van der Waals surface area contributed by atoms with Crippen LogP contribution in [0.15, 0.2) is 48.5 Å². The number of hydrogen-bond acceptors (Lipinski definition) is 5. The molecule has 7 heteroatoms. The van der Waals surface area contributed by atoms with Gasteiger partial charge in [-0.3, -0.25) is 14.8 Å². The molecule has 2 heterocycles. The molecule has 0 radical (unpaired) electrons. The van der Waals surface area contributed by atoms with Gasteiger partial charge >= 0.3 is 0 Å². The fourth-order valence-electron chi connectivity index (χ4n) is 3.67. The molecule has 0 N–H and O–H groups in total. The van der Waals surface area contributed by atoms with Crippen LogP contribution >= 0.6 is 0 Å². The number of piperidine rings is 1. The summed E-state index contributed by atoms with van der Waals surface area (Å²) in [7, 11) is 0. The number of aromatic nitrogens is 2. The topological polar surface area (TPSA) is 73.4 Å². The maximum absolute atomic E-state index is 11.2. The molecule has 0 spiro atoms. The van der Waals surface area contributed by atoms with Gasteiger partial charge < -0.3 is 9.64 Å². The molecule has 2 aromatic carbocycles. The second kappa shape index (κ2) is 8.39. The van der Waals surface area contributed by atoms with Crippen molar-refractivity contribution in [3.63, 3.8) is 0 Å². The highest BCUT2D eigenvalue weighted by Gasteiger charge is 2.17. The Bertz CT molecular complexity index is 949. The average molecular weight is 380 g/mol. The summed E-state index contributed by atoms with van der Waals surface area (Å²) in [5, 5.41) is 16.5. The van der Waals surface area contributed by atoms with Crippen LogP contribution in [-0.4, -0.2) is 39.2 Å². The van der Waals surface area contributed by atoms with E-state index in [1.54, 1.807) is 12.1 Å². The number of nitro benzene ring substituents is 1. The van der Waals surface area contributed by atoms with Crippen LogP contribution < -0.4 is 4.74 Å². The minimum atomic E-state index is -0.383. The first kappa shape index (κ1) is 18.4. The molecule has 1 saturated heterocycles. The van der Waals surface area contributed by atoms with E-state index in [9.17, 15) is 10.1 Å². The van der Waals surface area contributed by atoms with Gasteiger partial charge in [0, 0.05) is 18.7 Å². The van der Waals surface area contributed by atoms with Crippen LogP contribution in [0.4, 0.5) is 5.69 Å². The quantitative estimate of drug-likeness (QED) is 0.457. The number of benzene rings is 2. The third-order valence-corrected chi connectivity index (χ3v) is 5.21. The van der Waals surface area contributed by atoms with Crippen molar-refractivity contribution in [2.75, 3.05) is 19.6 Å². The van der Waals surface area contributed by atoms with Crippen LogP contribution in [0.25, 0.3) is 10.9 Å². The van der Waals surface area contributed by atoms with E-state index in [1.165, 1.54) is 25.3 Å². The van der Waals surface area contributed by atoms with Crippen molar-refractivity contribution in [3.8, 4) is 5.88 Å². The van der Waals surface area contributed by atoms with Crippen molar-refractivity contribution in [2.45, 2.75) is 32.4 Å². The smallest absolute Gasteiger partial charge is 0.270 e. The Labute approximate surface area is 163 Å². The number of ether oxygens (including phenoxy) is 1. The second-order valence-corrected chi connectivity index (χ2v) is 7.16. The van der Waals surface area contributed by atoms with E-state index in [4.69, 9.17) is 4.74 Å². The molecule has 0 aliphatic carbocycles. The lowest BCUT2D eigenvalue weighted by atomic mass is 10.1. The highest BCUT2D eigenvalue weighted by Crippen LogP contribution is 2.29. The predicted molar refractivity (Wildman–Crippen MR) is 107 cm³/mol. The summed E-state index contributed by atoms with van der Waals surface area (Å²) in [5.41, 5.74) is 1.95. The Balaban J connectivity index is 1.58. The molecule has 0 amide bonds. The van der Waals surface area contributed by atoms with Gasteiger partial charge in [0.1, 0.15) is 6.61 Å². The number of nitrogens with zero attached hydrogens (tertiary/aromatic N) is 4. The largest absolute Gasteiger partial charge is 0.471 e.